The van der Waals surface area contributed by atoms with E-state index in [9.17, 15) is 0 Å². The molecule has 0 amide bonds. The summed E-state index contributed by atoms with van der Waals surface area (Å²) in [5, 5.41) is 0.855. The standard InChI is InChI=1S/C13H19BrOS/c1-3-16-8-4-7-15-13-6-5-11(2)9-12(13)10-14/h5-6,9H,3-4,7-8,10H2,1-2H3. The fourth-order valence-corrected chi connectivity index (χ4v) is 2.49. The van der Waals surface area contributed by atoms with Crippen molar-refractivity contribution in [2.24, 2.45) is 0 Å². The molecule has 1 aromatic carbocycles. The molecule has 0 aliphatic heterocycles. The van der Waals surface area contributed by atoms with Crippen molar-refractivity contribution < 1.29 is 4.74 Å². The smallest absolute Gasteiger partial charge is 0.123 e. The van der Waals surface area contributed by atoms with Crippen molar-refractivity contribution in [1.29, 1.82) is 0 Å². The van der Waals surface area contributed by atoms with E-state index in [1.165, 1.54) is 22.6 Å². The average Bonchev–Trinajstić information content (AvgIpc) is 2.30. The second kappa shape index (κ2) is 8.02. The molecule has 0 aliphatic rings. The summed E-state index contributed by atoms with van der Waals surface area (Å²) < 4.78 is 5.79. The Balaban J connectivity index is 2.41. The molecule has 0 saturated heterocycles. The van der Waals surface area contributed by atoms with Crippen LogP contribution in [0.3, 0.4) is 0 Å². The lowest BCUT2D eigenvalue weighted by atomic mass is 10.1. The molecule has 16 heavy (non-hydrogen) atoms. The van der Waals surface area contributed by atoms with Gasteiger partial charge < -0.3 is 4.74 Å². The lowest BCUT2D eigenvalue weighted by Gasteiger charge is -2.10. The van der Waals surface area contributed by atoms with E-state index in [0.717, 1.165) is 24.1 Å². The van der Waals surface area contributed by atoms with E-state index < -0.39 is 0 Å². The molecule has 0 bridgehead atoms. The van der Waals surface area contributed by atoms with Crippen LogP contribution in [0.5, 0.6) is 5.75 Å². The number of ether oxygens (including phenoxy) is 1. The van der Waals surface area contributed by atoms with Crippen molar-refractivity contribution in [3.63, 3.8) is 0 Å². The van der Waals surface area contributed by atoms with Crippen molar-refractivity contribution >= 4 is 27.7 Å². The van der Waals surface area contributed by atoms with Gasteiger partial charge in [0, 0.05) is 10.9 Å². The molecule has 0 fully saturated rings. The predicted molar refractivity (Wildman–Crippen MR) is 76.9 cm³/mol. The van der Waals surface area contributed by atoms with Crippen LogP contribution in [0.25, 0.3) is 0 Å². The Bertz CT molecular complexity index is 315. The largest absolute Gasteiger partial charge is 0.493 e. The SMILES string of the molecule is CCSCCCOc1ccc(C)cc1CBr. The fourth-order valence-electron chi connectivity index (χ4n) is 1.44. The Labute approximate surface area is 111 Å². The molecule has 0 aliphatic carbocycles. The number of rotatable bonds is 7. The predicted octanol–water partition coefficient (Wildman–Crippen LogP) is 4.41. The van der Waals surface area contributed by atoms with Crippen LogP contribution in [-0.4, -0.2) is 18.1 Å². The van der Waals surface area contributed by atoms with Gasteiger partial charge >= 0.3 is 0 Å². The van der Waals surface area contributed by atoms with Crippen LogP contribution in [-0.2, 0) is 5.33 Å². The first-order valence-electron chi connectivity index (χ1n) is 5.64. The van der Waals surface area contributed by atoms with Gasteiger partial charge in [-0.3, -0.25) is 0 Å². The molecule has 0 radical (unpaired) electrons. The number of benzene rings is 1. The normalized spacial score (nSPS) is 10.4. The lowest BCUT2D eigenvalue weighted by molar-refractivity contribution is 0.316. The number of alkyl halides is 1. The number of aryl methyl sites for hydroxylation is 1. The maximum atomic E-state index is 5.79. The van der Waals surface area contributed by atoms with Crippen LogP contribution >= 0.6 is 27.7 Å². The third-order valence-electron chi connectivity index (χ3n) is 2.25. The summed E-state index contributed by atoms with van der Waals surface area (Å²) in [6.45, 7) is 5.11. The van der Waals surface area contributed by atoms with Crippen LogP contribution in [0.15, 0.2) is 18.2 Å². The van der Waals surface area contributed by atoms with Crippen molar-refractivity contribution in [2.75, 3.05) is 18.1 Å². The van der Waals surface area contributed by atoms with Gasteiger partial charge in [-0.2, -0.15) is 11.8 Å². The maximum Gasteiger partial charge on any atom is 0.123 e. The van der Waals surface area contributed by atoms with Crippen LogP contribution in [0.2, 0.25) is 0 Å². The Morgan fingerprint density at radius 2 is 2.19 bits per heavy atom. The maximum absolute atomic E-state index is 5.79. The van der Waals surface area contributed by atoms with Crippen LogP contribution in [0.4, 0.5) is 0 Å². The minimum Gasteiger partial charge on any atom is -0.493 e. The number of halogens is 1. The number of hydrogen-bond donors (Lipinski definition) is 0. The van der Waals surface area contributed by atoms with E-state index in [4.69, 9.17) is 4.74 Å². The first-order chi connectivity index (χ1) is 7.77. The molecular formula is C13H19BrOS. The fraction of sp³-hybridized carbons (Fsp3) is 0.538. The van der Waals surface area contributed by atoms with Crippen molar-refractivity contribution in [3.8, 4) is 5.75 Å². The van der Waals surface area contributed by atoms with E-state index in [1.54, 1.807) is 0 Å². The molecule has 0 saturated carbocycles. The highest BCUT2D eigenvalue weighted by molar-refractivity contribution is 9.08. The Hall–Kier alpha value is -0.150. The zero-order valence-corrected chi connectivity index (χ0v) is 12.4. The first kappa shape index (κ1) is 13.9. The van der Waals surface area contributed by atoms with Gasteiger partial charge in [0.2, 0.25) is 0 Å². The molecular weight excluding hydrogens is 284 g/mol. The van der Waals surface area contributed by atoms with E-state index in [-0.39, 0.29) is 0 Å². The van der Waals surface area contributed by atoms with Crippen molar-refractivity contribution in [2.45, 2.75) is 25.6 Å². The van der Waals surface area contributed by atoms with Gasteiger partial charge in [0.25, 0.3) is 0 Å². The van der Waals surface area contributed by atoms with Gasteiger partial charge in [-0.25, -0.2) is 0 Å². The Kier molecular flexibility index (Phi) is 6.97. The minimum absolute atomic E-state index is 0.816. The van der Waals surface area contributed by atoms with E-state index in [2.05, 4.69) is 48.0 Å². The van der Waals surface area contributed by atoms with Crippen LogP contribution in [0, 0.1) is 6.92 Å². The molecule has 3 heteroatoms. The van der Waals surface area contributed by atoms with Gasteiger partial charge in [-0.15, -0.1) is 0 Å². The summed E-state index contributed by atoms with van der Waals surface area (Å²) in [7, 11) is 0. The van der Waals surface area contributed by atoms with Crippen molar-refractivity contribution in [3.05, 3.63) is 29.3 Å². The van der Waals surface area contributed by atoms with Crippen LogP contribution < -0.4 is 4.74 Å². The Morgan fingerprint density at radius 3 is 2.88 bits per heavy atom. The van der Waals surface area contributed by atoms with Gasteiger partial charge in [-0.05, 0) is 30.9 Å². The van der Waals surface area contributed by atoms with E-state index in [1.807, 2.05) is 11.8 Å². The molecule has 1 nitrogen and oxygen atoms in total. The first-order valence-corrected chi connectivity index (χ1v) is 7.91. The second-order valence-electron chi connectivity index (χ2n) is 3.64. The summed E-state index contributed by atoms with van der Waals surface area (Å²) >= 11 is 5.46. The summed E-state index contributed by atoms with van der Waals surface area (Å²) in [4.78, 5) is 0. The topological polar surface area (TPSA) is 9.23 Å². The third kappa shape index (κ3) is 4.79. The summed E-state index contributed by atoms with van der Waals surface area (Å²) in [5.41, 5.74) is 2.52. The summed E-state index contributed by atoms with van der Waals surface area (Å²) in [6, 6.07) is 6.34. The highest BCUT2D eigenvalue weighted by atomic mass is 79.9. The number of thioether (sulfide) groups is 1. The molecule has 0 unspecified atom stereocenters. The van der Waals surface area contributed by atoms with E-state index >= 15 is 0 Å². The molecule has 0 heterocycles. The highest BCUT2D eigenvalue weighted by Gasteiger charge is 2.02. The summed E-state index contributed by atoms with van der Waals surface area (Å²) in [6.07, 6.45) is 1.12. The van der Waals surface area contributed by atoms with E-state index in [0.29, 0.717) is 0 Å². The highest BCUT2D eigenvalue weighted by Crippen LogP contribution is 2.22. The molecule has 1 rings (SSSR count). The van der Waals surface area contributed by atoms with Gasteiger partial charge in [0.1, 0.15) is 5.75 Å². The minimum atomic E-state index is 0.816. The van der Waals surface area contributed by atoms with Gasteiger partial charge in [0.15, 0.2) is 0 Å². The third-order valence-corrected chi connectivity index (χ3v) is 3.84. The molecule has 1 aromatic rings. The summed E-state index contributed by atoms with van der Waals surface area (Å²) in [5.74, 6) is 3.40. The average molecular weight is 303 g/mol. The van der Waals surface area contributed by atoms with Crippen molar-refractivity contribution in [1.82, 2.24) is 0 Å². The Morgan fingerprint density at radius 1 is 1.38 bits per heavy atom. The quantitative estimate of drug-likeness (QED) is 0.545. The zero-order valence-electron chi connectivity index (χ0n) is 9.96. The van der Waals surface area contributed by atoms with Gasteiger partial charge in [0.05, 0.1) is 6.61 Å². The zero-order chi connectivity index (χ0) is 11.8. The van der Waals surface area contributed by atoms with Crippen LogP contribution in [0.1, 0.15) is 24.5 Å². The second-order valence-corrected chi connectivity index (χ2v) is 5.60. The number of hydrogen-bond acceptors (Lipinski definition) is 2. The molecule has 90 valence electrons. The molecule has 0 aromatic heterocycles. The molecule has 0 N–H and O–H groups in total. The molecule has 0 spiro atoms. The molecule has 0 atom stereocenters. The van der Waals surface area contributed by atoms with Gasteiger partial charge in [-0.1, -0.05) is 40.5 Å². The monoisotopic (exact) mass is 302 g/mol. The lowest BCUT2D eigenvalue weighted by Crippen LogP contribution is -2.01.